The third-order valence-corrected chi connectivity index (χ3v) is 5.62. The number of piperidine rings is 1. The molecule has 0 aromatic carbocycles. The van der Waals surface area contributed by atoms with Crippen molar-refractivity contribution in [3.05, 3.63) is 16.8 Å². The van der Waals surface area contributed by atoms with E-state index in [0.717, 1.165) is 36.2 Å². The molecule has 1 atom stereocenters. The fraction of sp³-hybridized carbons (Fsp3) is 0.625. The van der Waals surface area contributed by atoms with Crippen LogP contribution in [0.2, 0.25) is 0 Å². The summed E-state index contributed by atoms with van der Waals surface area (Å²) in [7, 11) is 0. The topological polar surface area (TPSA) is 41.0 Å². The maximum atomic E-state index is 4.62. The van der Waals surface area contributed by atoms with Gasteiger partial charge in [-0.25, -0.2) is 9.97 Å². The number of nitrogens with one attached hydrogen (secondary N) is 1. The fourth-order valence-electron chi connectivity index (χ4n) is 3.16. The molecule has 114 valence electrons. The molecule has 21 heavy (non-hydrogen) atoms. The molecule has 1 aliphatic rings. The minimum absolute atomic E-state index is 0.726. The van der Waals surface area contributed by atoms with Gasteiger partial charge in [0.05, 0.1) is 5.39 Å². The molecular formula is C16H24N4S. The predicted octanol–water partition coefficient (Wildman–Crippen LogP) is 3.13. The maximum Gasteiger partial charge on any atom is 0.141 e. The Morgan fingerprint density at radius 2 is 2.24 bits per heavy atom. The van der Waals surface area contributed by atoms with E-state index in [1.807, 2.05) is 0 Å². The molecule has 2 aromatic rings. The van der Waals surface area contributed by atoms with Crippen LogP contribution in [0.1, 0.15) is 30.2 Å². The van der Waals surface area contributed by atoms with E-state index < -0.39 is 0 Å². The van der Waals surface area contributed by atoms with Gasteiger partial charge < -0.3 is 10.2 Å². The average molecular weight is 304 g/mol. The van der Waals surface area contributed by atoms with Crippen molar-refractivity contribution in [2.75, 3.05) is 31.1 Å². The zero-order valence-electron chi connectivity index (χ0n) is 13.1. The normalized spacial score (nSPS) is 19.1. The summed E-state index contributed by atoms with van der Waals surface area (Å²) in [4.78, 5) is 14.0. The Labute approximate surface area is 130 Å². The SMILES string of the molecule is CCN(CC1CCCNC1)c1ncnc2sc(C)c(C)c12. The standard InChI is InChI=1S/C16H24N4S/c1-4-20(9-13-6-5-7-17-8-13)15-14-11(2)12(3)21-16(14)19-10-18-15/h10,13,17H,4-9H2,1-3H3. The van der Waals surface area contributed by atoms with Crippen LogP contribution in [0.25, 0.3) is 10.2 Å². The lowest BCUT2D eigenvalue weighted by atomic mass is 9.99. The van der Waals surface area contributed by atoms with Crippen LogP contribution in [0, 0.1) is 19.8 Å². The van der Waals surface area contributed by atoms with Crippen molar-refractivity contribution < 1.29 is 0 Å². The van der Waals surface area contributed by atoms with Gasteiger partial charge in [-0.05, 0) is 58.2 Å². The third-order valence-electron chi connectivity index (χ3n) is 4.50. The summed E-state index contributed by atoms with van der Waals surface area (Å²) < 4.78 is 0. The van der Waals surface area contributed by atoms with E-state index in [0.29, 0.717) is 0 Å². The highest BCUT2D eigenvalue weighted by Crippen LogP contribution is 2.34. The second kappa shape index (κ2) is 6.28. The number of thiophene rings is 1. The zero-order valence-corrected chi connectivity index (χ0v) is 14.0. The van der Waals surface area contributed by atoms with Crippen molar-refractivity contribution in [3.8, 4) is 0 Å². The molecule has 0 bridgehead atoms. The first kappa shape index (κ1) is 14.7. The molecule has 4 nitrogen and oxygen atoms in total. The van der Waals surface area contributed by atoms with Crippen LogP contribution in [0.3, 0.4) is 0 Å². The van der Waals surface area contributed by atoms with E-state index in [1.54, 1.807) is 17.7 Å². The molecule has 0 aliphatic carbocycles. The van der Waals surface area contributed by atoms with Gasteiger partial charge in [-0.15, -0.1) is 11.3 Å². The van der Waals surface area contributed by atoms with Crippen LogP contribution in [0.5, 0.6) is 0 Å². The molecule has 1 fully saturated rings. The fourth-order valence-corrected chi connectivity index (χ4v) is 4.15. The monoisotopic (exact) mass is 304 g/mol. The highest BCUT2D eigenvalue weighted by Gasteiger charge is 2.20. The Hall–Kier alpha value is -1.20. The quantitative estimate of drug-likeness (QED) is 0.942. The Kier molecular flexibility index (Phi) is 4.40. The molecule has 0 saturated carbocycles. The number of fused-ring (bicyclic) bond motifs is 1. The Morgan fingerprint density at radius 1 is 1.38 bits per heavy atom. The van der Waals surface area contributed by atoms with Gasteiger partial charge in [0, 0.05) is 18.0 Å². The first-order valence-corrected chi connectivity index (χ1v) is 8.68. The molecule has 0 spiro atoms. The number of aryl methyl sites for hydroxylation is 2. The Bertz CT molecular complexity index is 616. The summed E-state index contributed by atoms with van der Waals surface area (Å²) in [6.07, 6.45) is 4.33. The van der Waals surface area contributed by atoms with Crippen LogP contribution >= 0.6 is 11.3 Å². The molecule has 0 amide bonds. The van der Waals surface area contributed by atoms with Crippen LogP contribution in [0.4, 0.5) is 5.82 Å². The summed E-state index contributed by atoms with van der Waals surface area (Å²) in [6, 6.07) is 0. The number of hydrogen-bond donors (Lipinski definition) is 1. The first-order valence-electron chi connectivity index (χ1n) is 7.87. The Morgan fingerprint density at radius 3 is 2.95 bits per heavy atom. The largest absolute Gasteiger partial charge is 0.356 e. The number of rotatable bonds is 4. The summed E-state index contributed by atoms with van der Waals surface area (Å²) in [5.41, 5.74) is 1.34. The molecule has 1 N–H and O–H groups in total. The lowest BCUT2D eigenvalue weighted by Gasteiger charge is -2.30. The molecule has 0 radical (unpaired) electrons. The van der Waals surface area contributed by atoms with Crippen molar-refractivity contribution in [3.63, 3.8) is 0 Å². The van der Waals surface area contributed by atoms with E-state index in [4.69, 9.17) is 0 Å². The predicted molar refractivity (Wildman–Crippen MR) is 90.4 cm³/mol. The van der Waals surface area contributed by atoms with Crippen LogP contribution in [-0.2, 0) is 0 Å². The lowest BCUT2D eigenvalue weighted by Crippen LogP contribution is -2.38. The first-order chi connectivity index (χ1) is 10.2. The van der Waals surface area contributed by atoms with Crippen molar-refractivity contribution >= 4 is 27.4 Å². The Balaban J connectivity index is 1.92. The number of hydrogen-bond acceptors (Lipinski definition) is 5. The molecule has 3 heterocycles. The van der Waals surface area contributed by atoms with Gasteiger partial charge in [0.1, 0.15) is 17.0 Å². The highest BCUT2D eigenvalue weighted by atomic mass is 32.1. The van der Waals surface area contributed by atoms with Gasteiger partial charge in [-0.3, -0.25) is 0 Å². The van der Waals surface area contributed by atoms with Crippen molar-refractivity contribution in [1.29, 1.82) is 0 Å². The van der Waals surface area contributed by atoms with E-state index in [2.05, 4.69) is 41.0 Å². The van der Waals surface area contributed by atoms with Gasteiger partial charge in [0.25, 0.3) is 0 Å². The molecular weight excluding hydrogens is 280 g/mol. The second-order valence-electron chi connectivity index (χ2n) is 5.91. The van der Waals surface area contributed by atoms with E-state index in [9.17, 15) is 0 Å². The van der Waals surface area contributed by atoms with Crippen molar-refractivity contribution in [1.82, 2.24) is 15.3 Å². The molecule has 2 aromatic heterocycles. The van der Waals surface area contributed by atoms with E-state index >= 15 is 0 Å². The van der Waals surface area contributed by atoms with Gasteiger partial charge in [0.15, 0.2) is 0 Å². The van der Waals surface area contributed by atoms with Crippen molar-refractivity contribution in [2.24, 2.45) is 5.92 Å². The van der Waals surface area contributed by atoms with Gasteiger partial charge in [0.2, 0.25) is 0 Å². The molecule has 1 unspecified atom stereocenters. The van der Waals surface area contributed by atoms with E-state index in [-0.39, 0.29) is 0 Å². The van der Waals surface area contributed by atoms with E-state index in [1.165, 1.54) is 35.2 Å². The second-order valence-corrected chi connectivity index (χ2v) is 7.11. The molecule has 1 aliphatic heterocycles. The summed E-state index contributed by atoms with van der Waals surface area (Å²) in [5, 5.41) is 4.77. The minimum atomic E-state index is 0.726. The van der Waals surface area contributed by atoms with Crippen LogP contribution in [0.15, 0.2) is 6.33 Å². The average Bonchev–Trinajstić information content (AvgIpc) is 2.81. The summed E-state index contributed by atoms with van der Waals surface area (Å²) in [6.45, 7) is 11.0. The van der Waals surface area contributed by atoms with Crippen molar-refractivity contribution in [2.45, 2.75) is 33.6 Å². The summed E-state index contributed by atoms with van der Waals surface area (Å²) >= 11 is 1.78. The molecule has 5 heteroatoms. The maximum absolute atomic E-state index is 4.62. The number of aromatic nitrogens is 2. The van der Waals surface area contributed by atoms with Gasteiger partial charge in [-0.2, -0.15) is 0 Å². The van der Waals surface area contributed by atoms with Crippen LogP contribution < -0.4 is 10.2 Å². The molecule has 1 saturated heterocycles. The smallest absolute Gasteiger partial charge is 0.141 e. The highest BCUT2D eigenvalue weighted by molar-refractivity contribution is 7.18. The van der Waals surface area contributed by atoms with Crippen LogP contribution in [-0.4, -0.2) is 36.1 Å². The number of anilines is 1. The lowest BCUT2D eigenvalue weighted by molar-refractivity contribution is 0.377. The minimum Gasteiger partial charge on any atom is -0.356 e. The summed E-state index contributed by atoms with van der Waals surface area (Å²) in [5.74, 6) is 1.85. The van der Waals surface area contributed by atoms with Gasteiger partial charge >= 0.3 is 0 Å². The number of nitrogens with zero attached hydrogens (tertiary/aromatic N) is 3. The third kappa shape index (κ3) is 2.90. The zero-order chi connectivity index (χ0) is 14.8. The van der Waals surface area contributed by atoms with Gasteiger partial charge in [-0.1, -0.05) is 0 Å². The molecule has 3 rings (SSSR count).